The van der Waals surface area contributed by atoms with Gasteiger partial charge in [-0.05, 0) is 43.3 Å². The van der Waals surface area contributed by atoms with Crippen molar-refractivity contribution >= 4 is 23.1 Å². The molecule has 1 aromatic carbocycles. The summed E-state index contributed by atoms with van der Waals surface area (Å²) >= 11 is 1.52. The van der Waals surface area contributed by atoms with Crippen LogP contribution in [0.5, 0.6) is 5.75 Å². The van der Waals surface area contributed by atoms with E-state index in [0.29, 0.717) is 44.4 Å². The number of amides is 1. The second-order valence-corrected chi connectivity index (χ2v) is 8.77. The fourth-order valence-electron chi connectivity index (χ4n) is 3.91. The van der Waals surface area contributed by atoms with Gasteiger partial charge < -0.3 is 23.4 Å². The molecule has 3 aromatic heterocycles. The van der Waals surface area contributed by atoms with Gasteiger partial charge in [-0.3, -0.25) is 4.79 Å². The first-order chi connectivity index (χ1) is 17.1. The summed E-state index contributed by atoms with van der Waals surface area (Å²) in [6.45, 7) is 4.71. The maximum atomic E-state index is 12.9. The zero-order chi connectivity index (χ0) is 24.2. The van der Waals surface area contributed by atoms with E-state index in [1.54, 1.807) is 12.1 Å². The number of benzene rings is 1. The van der Waals surface area contributed by atoms with Gasteiger partial charge >= 0.3 is 0 Å². The number of hydrogen-bond donors (Lipinski definition) is 0. The van der Waals surface area contributed by atoms with Crippen LogP contribution in [-0.4, -0.2) is 53.6 Å². The summed E-state index contributed by atoms with van der Waals surface area (Å²) in [5, 5.41) is 12.3. The van der Waals surface area contributed by atoms with Crippen LogP contribution >= 0.6 is 11.3 Å². The molecule has 0 atom stereocenters. The number of rotatable bonds is 7. The Bertz CT molecular complexity index is 1330. The van der Waals surface area contributed by atoms with E-state index < -0.39 is 0 Å². The fourth-order valence-corrected chi connectivity index (χ4v) is 4.74. The lowest BCUT2D eigenvalue weighted by atomic mass is 10.2. The number of carbonyl (C=O) groups excluding carboxylic acids is 1. The summed E-state index contributed by atoms with van der Waals surface area (Å²) in [5.74, 6) is 2.00. The zero-order valence-electron chi connectivity index (χ0n) is 19.1. The number of furan rings is 1. The maximum Gasteiger partial charge on any atom is 0.266 e. The number of nitrogens with zero attached hydrogens (tertiary/aromatic N) is 5. The van der Waals surface area contributed by atoms with Gasteiger partial charge in [0.05, 0.1) is 25.0 Å². The molecular weight excluding hydrogens is 466 g/mol. The predicted octanol–water partition coefficient (Wildman–Crippen LogP) is 4.22. The molecule has 4 aromatic rings. The minimum Gasteiger partial charge on any atom is -0.494 e. The van der Waals surface area contributed by atoms with Gasteiger partial charge in [-0.1, -0.05) is 0 Å². The van der Waals surface area contributed by atoms with Crippen molar-refractivity contribution in [3.8, 4) is 34.0 Å². The van der Waals surface area contributed by atoms with E-state index in [4.69, 9.17) is 13.6 Å². The van der Waals surface area contributed by atoms with Gasteiger partial charge in [0.2, 0.25) is 17.5 Å². The first-order valence-electron chi connectivity index (χ1n) is 11.3. The van der Waals surface area contributed by atoms with Crippen molar-refractivity contribution in [1.29, 1.82) is 5.26 Å². The predicted molar refractivity (Wildman–Crippen MR) is 130 cm³/mol. The number of ether oxygens (including phenoxy) is 1. The van der Waals surface area contributed by atoms with Crippen molar-refractivity contribution < 1.29 is 18.4 Å². The van der Waals surface area contributed by atoms with E-state index in [1.807, 2.05) is 46.4 Å². The van der Waals surface area contributed by atoms with Crippen LogP contribution in [0.25, 0.3) is 22.2 Å². The Hall–Kier alpha value is -4.10. The van der Waals surface area contributed by atoms with E-state index in [-0.39, 0.29) is 23.9 Å². The minimum absolute atomic E-state index is 0.0301. The van der Waals surface area contributed by atoms with Crippen molar-refractivity contribution in [2.45, 2.75) is 13.3 Å². The molecule has 1 amide bonds. The van der Waals surface area contributed by atoms with Crippen molar-refractivity contribution in [2.24, 2.45) is 0 Å². The molecule has 4 heterocycles. The minimum atomic E-state index is 0.0301. The Labute approximate surface area is 206 Å². The van der Waals surface area contributed by atoms with Gasteiger partial charge in [-0.25, -0.2) is 4.98 Å². The Morgan fingerprint density at radius 3 is 2.66 bits per heavy atom. The van der Waals surface area contributed by atoms with Crippen LogP contribution in [0.3, 0.4) is 0 Å². The number of aromatic nitrogens is 2. The number of nitriles is 1. The molecule has 0 unspecified atom stereocenters. The van der Waals surface area contributed by atoms with Gasteiger partial charge in [-0.2, -0.15) is 10.2 Å². The second kappa shape index (κ2) is 10.0. The SMILES string of the molecule is CCOc1ccc(-c2nc(CC(=O)N3CCN(c4oc(-c5ccco5)nc4C#N)CC3)cs2)cc1. The molecule has 0 bridgehead atoms. The number of hydrogen-bond acceptors (Lipinski definition) is 9. The van der Waals surface area contributed by atoms with Crippen molar-refractivity contribution in [2.75, 3.05) is 37.7 Å². The average molecular weight is 490 g/mol. The highest BCUT2D eigenvalue weighted by Crippen LogP contribution is 2.29. The summed E-state index contributed by atoms with van der Waals surface area (Å²) in [5.41, 5.74) is 1.97. The van der Waals surface area contributed by atoms with Gasteiger partial charge in [0.1, 0.15) is 16.8 Å². The van der Waals surface area contributed by atoms with Gasteiger partial charge in [0.15, 0.2) is 5.76 Å². The number of piperazine rings is 1. The summed E-state index contributed by atoms with van der Waals surface area (Å²) in [6, 6.07) is 13.4. The molecule has 10 heteroatoms. The van der Waals surface area contributed by atoms with Crippen LogP contribution in [0.1, 0.15) is 18.3 Å². The summed E-state index contributed by atoms with van der Waals surface area (Å²) in [7, 11) is 0. The van der Waals surface area contributed by atoms with Gasteiger partial charge in [0, 0.05) is 37.1 Å². The highest BCUT2D eigenvalue weighted by atomic mass is 32.1. The quantitative estimate of drug-likeness (QED) is 0.380. The largest absolute Gasteiger partial charge is 0.494 e. The number of oxazole rings is 1. The molecule has 9 nitrogen and oxygen atoms in total. The van der Waals surface area contributed by atoms with Crippen LogP contribution in [0.4, 0.5) is 5.88 Å². The van der Waals surface area contributed by atoms with Crippen molar-refractivity contribution in [3.05, 3.63) is 59.4 Å². The molecule has 1 aliphatic rings. The van der Waals surface area contributed by atoms with Crippen LogP contribution < -0.4 is 9.64 Å². The molecule has 0 aliphatic carbocycles. The van der Waals surface area contributed by atoms with Crippen LogP contribution in [-0.2, 0) is 11.2 Å². The molecule has 1 fully saturated rings. The molecule has 0 spiro atoms. The third-order valence-electron chi connectivity index (χ3n) is 5.66. The smallest absolute Gasteiger partial charge is 0.266 e. The Balaban J connectivity index is 1.19. The molecular formula is C25H23N5O4S. The fraction of sp³-hybridized carbons (Fsp3) is 0.280. The Kier molecular flexibility index (Phi) is 6.50. The molecule has 35 heavy (non-hydrogen) atoms. The summed E-state index contributed by atoms with van der Waals surface area (Å²) in [6.07, 6.45) is 1.78. The number of carbonyl (C=O) groups is 1. The van der Waals surface area contributed by atoms with E-state index in [9.17, 15) is 10.1 Å². The standard InChI is InChI=1S/C25H23N5O4S/c1-2-32-19-7-5-17(6-8-19)24-27-18(16-35-24)14-22(31)29-9-11-30(12-10-29)25-20(15-26)28-23(34-25)21-4-3-13-33-21/h3-8,13,16H,2,9-12,14H2,1H3. The van der Waals surface area contributed by atoms with Crippen molar-refractivity contribution in [1.82, 2.24) is 14.9 Å². The summed E-state index contributed by atoms with van der Waals surface area (Å²) < 4.78 is 16.6. The highest BCUT2D eigenvalue weighted by molar-refractivity contribution is 7.13. The molecule has 178 valence electrons. The van der Waals surface area contributed by atoms with Gasteiger partial charge in [0.25, 0.3) is 5.89 Å². The number of anilines is 1. The Morgan fingerprint density at radius 2 is 1.97 bits per heavy atom. The normalized spacial score (nSPS) is 13.6. The molecule has 0 radical (unpaired) electrons. The second-order valence-electron chi connectivity index (χ2n) is 7.91. The maximum absolute atomic E-state index is 12.9. The zero-order valence-corrected chi connectivity index (χ0v) is 20.0. The van der Waals surface area contributed by atoms with E-state index in [1.165, 1.54) is 17.6 Å². The lowest BCUT2D eigenvalue weighted by Gasteiger charge is -2.34. The van der Waals surface area contributed by atoms with Crippen LogP contribution in [0.2, 0.25) is 0 Å². The van der Waals surface area contributed by atoms with Crippen molar-refractivity contribution in [3.63, 3.8) is 0 Å². The number of thiazole rings is 1. The molecule has 0 saturated carbocycles. The molecule has 1 saturated heterocycles. The first kappa shape index (κ1) is 22.7. The Morgan fingerprint density at radius 1 is 1.17 bits per heavy atom. The van der Waals surface area contributed by atoms with Crippen LogP contribution in [0, 0.1) is 11.3 Å². The third-order valence-corrected chi connectivity index (χ3v) is 6.60. The van der Waals surface area contributed by atoms with Gasteiger partial charge in [-0.15, -0.1) is 11.3 Å². The monoisotopic (exact) mass is 489 g/mol. The molecule has 5 rings (SSSR count). The highest BCUT2D eigenvalue weighted by Gasteiger charge is 2.27. The topological polar surface area (TPSA) is 109 Å². The average Bonchev–Trinajstić information content (AvgIpc) is 3.65. The van der Waals surface area contributed by atoms with E-state index >= 15 is 0 Å². The van der Waals surface area contributed by atoms with E-state index in [2.05, 4.69) is 16.0 Å². The molecule has 1 aliphatic heterocycles. The lowest BCUT2D eigenvalue weighted by Crippen LogP contribution is -2.49. The first-order valence-corrected chi connectivity index (χ1v) is 12.2. The summed E-state index contributed by atoms with van der Waals surface area (Å²) in [4.78, 5) is 25.6. The molecule has 0 N–H and O–H groups in total. The van der Waals surface area contributed by atoms with Crippen LogP contribution in [0.15, 0.2) is 56.9 Å². The lowest BCUT2D eigenvalue weighted by molar-refractivity contribution is -0.130. The third kappa shape index (κ3) is 4.90. The van der Waals surface area contributed by atoms with E-state index in [0.717, 1.165) is 22.0 Å².